The Morgan fingerprint density at radius 3 is 2.28 bits per heavy atom. The van der Waals surface area contributed by atoms with Crippen LogP contribution in [0.5, 0.6) is 0 Å². The molecule has 2 aromatic heterocycles. The molecule has 3 atom stereocenters. The van der Waals surface area contributed by atoms with Crippen LogP contribution in [0.2, 0.25) is 0 Å². The van der Waals surface area contributed by atoms with Crippen LogP contribution in [-0.2, 0) is 23.2 Å². The summed E-state index contributed by atoms with van der Waals surface area (Å²) < 4.78 is 4.01. The number of carbonyl (C=O) groups is 3. The Hall–Kier alpha value is -5.63. The average molecular weight is 624 g/mol. The third kappa shape index (κ3) is 5.16. The molecule has 3 heterocycles. The number of benzene rings is 4. The van der Waals surface area contributed by atoms with E-state index in [0.717, 1.165) is 44.2 Å². The normalized spacial score (nSPS) is 15.5. The van der Waals surface area contributed by atoms with Gasteiger partial charge in [0.2, 0.25) is 0 Å². The van der Waals surface area contributed by atoms with E-state index in [1.807, 2.05) is 117 Å². The zero-order valence-electron chi connectivity index (χ0n) is 26.7. The molecule has 1 aliphatic rings. The number of hydrogen-bond donors (Lipinski definition) is 2. The molecular weight excluding hydrogens is 586 g/mol. The first-order valence-corrected chi connectivity index (χ1v) is 16.1. The molecule has 1 aliphatic heterocycles. The van der Waals surface area contributed by atoms with Crippen LogP contribution >= 0.6 is 0 Å². The molecule has 2 N–H and O–H groups in total. The van der Waals surface area contributed by atoms with Gasteiger partial charge in [-0.25, -0.2) is 0 Å². The number of carbonyl (C=O) groups excluding carboxylic acids is 3. The summed E-state index contributed by atoms with van der Waals surface area (Å²) in [5, 5.41) is 2.05. The van der Waals surface area contributed by atoms with Gasteiger partial charge >= 0.3 is 0 Å². The van der Waals surface area contributed by atoms with Crippen molar-refractivity contribution < 1.29 is 14.4 Å². The first-order valence-electron chi connectivity index (χ1n) is 16.1. The highest BCUT2D eigenvalue weighted by Gasteiger charge is 2.47. The summed E-state index contributed by atoms with van der Waals surface area (Å²) in [6, 6.07) is 34.4. The second kappa shape index (κ2) is 12.3. The fraction of sp³-hybridized carbons (Fsp3) is 0.205. The molecule has 4 aromatic carbocycles. The largest absolute Gasteiger partial charge is 0.343 e. The second-order valence-electron chi connectivity index (χ2n) is 12.3. The fourth-order valence-electron chi connectivity index (χ4n) is 7.12. The first kappa shape index (κ1) is 30.0. The molecule has 0 radical (unpaired) electrons. The van der Waals surface area contributed by atoms with Crippen molar-refractivity contribution in [2.75, 3.05) is 0 Å². The Morgan fingerprint density at radius 1 is 0.809 bits per heavy atom. The van der Waals surface area contributed by atoms with Gasteiger partial charge in [0.25, 0.3) is 17.7 Å². The van der Waals surface area contributed by atoms with E-state index < -0.39 is 18.0 Å². The topological polar surface area (TPSA) is 88.4 Å². The van der Waals surface area contributed by atoms with E-state index in [4.69, 9.17) is 0 Å². The van der Waals surface area contributed by atoms with Gasteiger partial charge in [0.15, 0.2) is 0 Å². The van der Waals surface area contributed by atoms with E-state index in [1.54, 1.807) is 4.90 Å². The molecule has 0 bridgehead atoms. The van der Waals surface area contributed by atoms with Crippen molar-refractivity contribution in [1.82, 2.24) is 24.9 Å². The number of amides is 3. The predicted molar refractivity (Wildman–Crippen MR) is 184 cm³/mol. The summed E-state index contributed by atoms with van der Waals surface area (Å²) in [5.74, 6) is -1.22. The Morgan fingerprint density at radius 2 is 1.49 bits per heavy atom. The molecule has 0 saturated carbocycles. The zero-order chi connectivity index (χ0) is 32.7. The van der Waals surface area contributed by atoms with Crippen LogP contribution in [0.25, 0.3) is 33.1 Å². The highest BCUT2D eigenvalue weighted by Crippen LogP contribution is 2.48. The number of rotatable bonds is 8. The van der Waals surface area contributed by atoms with E-state index in [0.29, 0.717) is 12.0 Å². The van der Waals surface area contributed by atoms with Crippen LogP contribution < -0.4 is 10.9 Å². The Bertz CT molecular complexity index is 2130. The molecule has 3 unspecified atom stereocenters. The minimum absolute atomic E-state index is 0.0366. The molecule has 8 heteroatoms. The van der Waals surface area contributed by atoms with Crippen LogP contribution in [-0.4, -0.2) is 37.8 Å². The van der Waals surface area contributed by atoms with Crippen LogP contribution in [0, 0.1) is 5.92 Å². The van der Waals surface area contributed by atoms with Crippen molar-refractivity contribution in [3.05, 3.63) is 132 Å². The average Bonchev–Trinajstić information content (AvgIpc) is 3.74. The fourth-order valence-corrected chi connectivity index (χ4v) is 7.12. The standard InChI is InChI=1S/C39H37N5O3/c1-4-25(2)35(38(46)41-40-33(45)24-43-23-22-26-14-8-12-20-31(26)43)44-37(28-17-9-10-18-29(28)39(44)47)34-30-19-11-13-21-32(30)42(3)36(34)27-15-6-5-7-16-27/h5-23,25,35,37H,4,24H2,1-3H3,(H,40,45)(H,41,46). The van der Waals surface area contributed by atoms with Crippen molar-refractivity contribution in [3.8, 4) is 11.3 Å². The lowest BCUT2D eigenvalue weighted by atomic mass is 9.90. The maximum atomic E-state index is 14.5. The Kier molecular flexibility index (Phi) is 7.85. The SMILES string of the molecule is CCC(C)C(C(=O)NNC(=O)Cn1ccc2ccccc21)N1C(=O)c2ccccc2C1c1c(-c2ccccc2)n(C)c2ccccc12. The predicted octanol–water partition coefficient (Wildman–Crippen LogP) is 6.61. The molecule has 47 heavy (non-hydrogen) atoms. The summed E-state index contributed by atoms with van der Waals surface area (Å²) >= 11 is 0. The number of para-hydroxylation sites is 2. The molecule has 3 amide bonds. The van der Waals surface area contributed by atoms with E-state index in [1.165, 1.54) is 0 Å². The van der Waals surface area contributed by atoms with Crippen LogP contribution in [0.4, 0.5) is 0 Å². The van der Waals surface area contributed by atoms with Crippen LogP contribution in [0.1, 0.15) is 47.8 Å². The van der Waals surface area contributed by atoms with Gasteiger partial charge in [-0.05, 0) is 46.7 Å². The monoisotopic (exact) mass is 623 g/mol. The third-order valence-electron chi connectivity index (χ3n) is 9.54. The van der Waals surface area contributed by atoms with Gasteiger partial charge in [0.1, 0.15) is 12.6 Å². The van der Waals surface area contributed by atoms with Gasteiger partial charge < -0.3 is 14.0 Å². The van der Waals surface area contributed by atoms with E-state index >= 15 is 0 Å². The molecule has 8 nitrogen and oxygen atoms in total. The highest BCUT2D eigenvalue weighted by molar-refractivity contribution is 6.04. The third-order valence-corrected chi connectivity index (χ3v) is 9.54. The molecule has 236 valence electrons. The van der Waals surface area contributed by atoms with Crippen LogP contribution in [0.3, 0.4) is 0 Å². The lowest BCUT2D eigenvalue weighted by Crippen LogP contribution is -2.56. The second-order valence-corrected chi connectivity index (χ2v) is 12.3. The number of nitrogens with zero attached hydrogens (tertiary/aromatic N) is 3. The number of aromatic nitrogens is 2. The van der Waals surface area contributed by atoms with Crippen molar-refractivity contribution in [1.29, 1.82) is 0 Å². The van der Waals surface area contributed by atoms with Crippen molar-refractivity contribution in [2.45, 2.75) is 38.9 Å². The number of hydrazine groups is 1. The van der Waals surface area contributed by atoms with Crippen LogP contribution in [0.15, 0.2) is 115 Å². The lowest BCUT2D eigenvalue weighted by Gasteiger charge is -2.36. The summed E-state index contributed by atoms with van der Waals surface area (Å²) in [4.78, 5) is 43.5. The minimum atomic E-state index is -0.861. The molecule has 0 fully saturated rings. The zero-order valence-corrected chi connectivity index (χ0v) is 26.7. The number of fused-ring (bicyclic) bond motifs is 3. The first-order chi connectivity index (χ1) is 22.9. The van der Waals surface area contributed by atoms with E-state index in [2.05, 4.69) is 39.7 Å². The van der Waals surface area contributed by atoms with Gasteiger partial charge in [-0.15, -0.1) is 0 Å². The Balaban J connectivity index is 1.28. The minimum Gasteiger partial charge on any atom is -0.343 e. The van der Waals surface area contributed by atoms with Crippen molar-refractivity contribution in [2.24, 2.45) is 13.0 Å². The van der Waals surface area contributed by atoms with Crippen molar-refractivity contribution >= 4 is 39.5 Å². The summed E-state index contributed by atoms with van der Waals surface area (Å²) in [6.07, 6.45) is 2.50. The van der Waals surface area contributed by atoms with Gasteiger partial charge in [-0.2, -0.15) is 0 Å². The maximum absolute atomic E-state index is 14.5. The van der Waals surface area contributed by atoms with Gasteiger partial charge in [0.05, 0.1) is 11.7 Å². The van der Waals surface area contributed by atoms with Crippen molar-refractivity contribution in [3.63, 3.8) is 0 Å². The lowest BCUT2D eigenvalue weighted by molar-refractivity contribution is -0.133. The van der Waals surface area contributed by atoms with Gasteiger partial charge in [-0.3, -0.25) is 25.2 Å². The summed E-state index contributed by atoms with van der Waals surface area (Å²) in [7, 11) is 2.05. The van der Waals surface area contributed by atoms with E-state index in [9.17, 15) is 14.4 Å². The van der Waals surface area contributed by atoms with E-state index in [-0.39, 0.29) is 24.3 Å². The number of aryl methyl sites for hydroxylation is 1. The maximum Gasteiger partial charge on any atom is 0.261 e. The number of nitrogens with one attached hydrogen (secondary N) is 2. The molecular formula is C39H37N5O3. The molecule has 0 saturated heterocycles. The molecule has 0 spiro atoms. The highest BCUT2D eigenvalue weighted by atomic mass is 16.2. The van der Waals surface area contributed by atoms with Gasteiger partial charge in [0, 0.05) is 40.8 Å². The smallest absolute Gasteiger partial charge is 0.261 e. The molecule has 0 aliphatic carbocycles. The molecule has 6 aromatic rings. The molecule has 7 rings (SSSR count). The Labute approximate surface area is 273 Å². The number of hydrogen-bond acceptors (Lipinski definition) is 3. The summed E-state index contributed by atoms with van der Waals surface area (Å²) in [6.45, 7) is 4.03. The quantitative estimate of drug-likeness (QED) is 0.187. The van der Waals surface area contributed by atoms with Gasteiger partial charge in [-0.1, -0.05) is 105 Å². The summed E-state index contributed by atoms with van der Waals surface area (Å²) in [5.41, 5.74) is 11.7.